The number of aromatic amines is 1. The zero-order valence-corrected chi connectivity index (χ0v) is 8.32. The molecule has 7 heteroatoms. The first-order valence-electron chi connectivity index (χ1n) is 3.15. The van der Waals surface area contributed by atoms with Crippen LogP contribution in [0.3, 0.4) is 0 Å². The van der Waals surface area contributed by atoms with Gasteiger partial charge in [-0.25, -0.2) is 0 Å². The normalized spacial score (nSPS) is 12.2. The predicted molar refractivity (Wildman–Crippen MR) is 47.6 cm³/mol. The lowest BCUT2D eigenvalue weighted by Crippen LogP contribution is -2.29. The summed E-state index contributed by atoms with van der Waals surface area (Å²) >= 11 is 4.78. The van der Waals surface area contributed by atoms with E-state index in [1.54, 1.807) is 0 Å². The van der Waals surface area contributed by atoms with Crippen LogP contribution in [0.25, 0.3) is 0 Å². The van der Waals surface area contributed by atoms with E-state index in [4.69, 9.17) is 12.2 Å². The molecule has 0 fully saturated rings. The van der Waals surface area contributed by atoms with Gasteiger partial charge in [0.25, 0.3) is 0 Å². The molecule has 0 spiro atoms. The third-order valence-electron chi connectivity index (χ3n) is 1.31. The molecule has 0 aliphatic carbocycles. The number of H-pyrrole nitrogens is 1. The molecule has 0 aliphatic rings. The molecule has 5 nitrogen and oxygen atoms in total. The average molecular weight is 207 g/mol. The highest BCUT2D eigenvalue weighted by Crippen LogP contribution is 2.00. The molecule has 0 aliphatic heterocycles. The first-order chi connectivity index (χ1) is 5.46. The number of hydrogen-bond acceptors (Lipinski definition) is 3. The van der Waals surface area contributed by atoms with Crippen LogP contribution in [0.1, 0.15) is 0 Å². The number of nitrogens with zero attached hydrogens (tertiary/aromatic N) is 2. The van der Waals surface area contributed by atoms with E-state index >= 15 is 0 Å². The highest BCUT2D eigenvalue weighted by Gasteiger charge is 2.16. The van der Waals surface area contributed by atoms with Crippen LogP contribution in [0, 0.1) is 4.64 Å². The number of rotatable bonds is 2. The van der Waals surface area contributed by atoms with E-state index in [2.05, 4.69) is 5.10 Å². The topological polar surface area (TPSA) is 58.1 Å². The fourth-order valence-electron chi connectivity index (χ4n) is 0.651. The second-order valence-corrected chi connectivity index (χ2v) is 4.76. The van der Waals surface area contributed by atoms with E-state index in [9.17, 15) is 8.42 Å². The van der Waals surface area contributed by atoms with Crippen LogP contribution in [-0.2, 0) is 10.2 Å². The van der Waals surface area contributed by atoms with Gasteiger partial charge < -0.3 is 0 Å². The molecule has 1 heterocycles. The van der Waals surface area contributed by atoms with Gasteiger partial charge in [-0.3, -0.25) is 5.10 Å². The van der Waals surface area contributed by atoms with Gasteiger partial charge in [0.1, 0.15) is 4.64 Å². The van der Waals surface area contributed by atoms with E-state index in [-0.39, 0.29) is 4.64 Å². The third-order valence-corrected chi connectivity index (χ3v) is 3.43. The number of aromatic nitrogens is 2. The second kappa shape index (κ2) is 3.00. The molecule has 1 N–H and O–H groups in total. The van der Waals surface area contributed by atoms with Crippen molar-refractivity contribution in [2.75, 3.05) is 14.1 Å². The maximum absolute atomic E-state index is 11.4. The fourth-order valence-corrected chi connectivity index (χ4v) is 1.86. The highest BCUT2D eigenvalue weighted by molar-refractivity contribution is 7.87. The van der Waals surface area contributed by atoms with Crippen molar-refractivity contribution in [2.45, 2.75) is 0 Å². The summed E-state index contributed by atoms with van der Waals surface area (Å²) in [7, 11) is -0.589. The Morgan fingerprint density at radius 2 is 2.17 bits per heavy atom. The summed E-state index contributed by atoms with van der Waals surface area (Å²) in [5.74, 6) is 0. The van der Waals surface area contributed by atoms with Crippen LogP contribution < -0.4 is 0 Å². The first kappa shape index (κ1) is 9.43. The van der Waals surface area contributed by atoms with Crippen LogP contribution in [0.15, 0.2) is 12.3 Å². The molecular formula is C5H9N3O2S2. The Morgan fingerprint density at radius 3 is 2.50 bits per heavy atom. The van der Waals surface area contributed by atoms with Gasteiger partial charge in [-0.1, -0.05) is 12.2 Å². The summed E-state index contributed by atoms with van der Waals surface area (Å²) in [6.45, 7) is 0. The average Bonchev–Trinajstić information content (AvgIpc) is 2.35. The molecule has 0 aromatic carbocycles. The van der Waals surface area contributed by atoms with Crippen LogP contribution in [0.2, 0.25) is 0 Å². The van der Waals surface area contributed by atoms with Gasteiger partial charge in [-0.2, -0.15) is 16.8 Å². The molecule has 1 rings (SSSR count). The van der Waals surface area contributed by atoms with Crippen molar-refractivity contribution in [3.8, 4) is 0 Å². The minimum Gasteiger partial charge on any atom is -0.290 e. The molecule has 0 amide bonds. The lowest BCUT2D eigenvalue weighted by molar-refractivity contribution is 0.503. The summed E-state index contributed by atoms with van der Waals surface area (Å²) in [5.41, 5.74) is 0. The molecule has 0 saturated heterocycles. The van der Waals surface area contributed by atoms with Gasteiger partial charge in [0, 0.05) is 20.3 Å². The fraction of sp³-hybridized carbons (Fsp3) is 0.400. The summed E-state index contributed by atoms with van der Waals surface area (Å²) < 4.78 is 25.1. The number of hydrogen-bond donors (Lipinski definition) is 1. The Bertz CT molecular complexity index is 414. The maximum Gasteiger partial charge on any atom is 0.322 e. The zero-order chi connectivity index (χ0) is 9.35. The molecule has 0 atom stereocenters. The molecule has 0 saturated carbocycles. The van der Waals surface area contributed by atoms with E-state index in [1.807, 2.05) is 0 Å². The van der Waals surface area contributed by atoms with E-state index in [1.165, 1.54) is 26.4 Å². The zero-order valence-electron chi connectivity index (χ0n) is 6.68. The smallest absolute Gasteiger partial charge is 0.290 e. The van der Waals surface area contributed by atoms with Crippen molar-refractivity contribution in [3.05, 3.63) is 16.9 Å². The minimum atomic E-state index is -3.47. The lowest BCUT2D eigenvalue weighted by atomic mass is 10.8. The Labute approximate surface area is 75.8 Å². The maximum atomic E-state index is 11.4. The van der Waals surface area contributed by atoms with Crippen LogP contribution in [0.5, 0.6) is 0 Å². The lowest BCUT2D eigenvalue weighted by Gasteiger charge is -2.10. The Balaban J connectivity index is 3.34. The van der Waals surface area contributed by atoms with Crippen molar-refractivity contribution < 1.29 is 8.42 Å². The van der Waals surface area contributed by atoms with Crippen molar-refractivity contribution in [2.24, 2.45) is 0 Å². The van der Waals surface area contributed by atoms with Crippen molar-refractivity contribution in [1.29, 1.82) is 0 Å². The monoisotopic (exact) mass is 207 g/mol. The summed E-state index contributed by atoms with van der Waals surface area (Å²) in [6, 6.07) is 1.51. The molecule has 0 radical (unpaired) electrons. The van der Waals surface area contributed by atoms with Gasteiger partial charge in [0.15, 0.2) is 0 Å². The van der Waals surface area contributed by atoms with Gasteiger partial charge in [-0.05, 0) is 6.07 Å². The summed E-state index contributed by atoms with van der Waals surface area (Å²) in [5, 5.41) is 2.51. The first-order valence-corrected chi connectivity index (χ1v) is 4.96. The Kier molecular flexibility index (Phi) is 2.36. The van der Waals surface area contributed by atoms with Gasteiger partial charge in [-0.15, -0.1) is 0 Å². The minimum absolute atomic E-state index is 0.240. The summed E-state index contributed by atoms with van der Waals surface area (Å²) in [6.07, 6.45) is 1.48. The largest absolute Gasteiger partial charge is 0.322 e. The van der Waals surface area contributed by atoms with Gasteiger partial charge >= 0.3 is 10.2 Å². The van der Waals surface area contributed by atoms with Crippen molar-refractivity contribution in [1.82, 2.24) is 13.5 Å². The molecule has 0 bridgehead atoms. The van der Waals surface area contributed by atoms with Crippen LogP contribution in [-0.4, -0.2) is 36.0 Å². The van der Waals surface area contributed by atoms with Gasteiger partial charge in [0.2, 0.25) is 0 Å². The Hall–Kier alpha value is -0.660. The van der Waals surface area contributed by atoms with E-state index in [0.717, 1.165) is 8.39 Å². The Morgan fingerprint density at radius 1 is 1.58 bits per heavy atom. The van der Waals surface area contributed by atoms with Crippen molar-refractivity contribution in [3.63, 3.8) is 0 Å². The second-order valence-electron chi connectivity index (χ2n) is 2.36. The SMILES string of the molecule is CN(C)S(=O)(=O)n1[nH]ccc1=S. The molecule has 68 valence electrons. The van der Waals surface area contributed by atoms with Gasteiger partial charge in [0.05, 0.1) is 0 Å². The summed E-state index contributed by atoms with van der Waals surface area (Å²) in [4.78, 5) is 0. The van der Waals surface area contributed by atoms with E-state index in [0.29, 0.717) is 0 Å². The molecule has 1 aromatic heterocycles. The third kappa shape index (κ3) is 1.43. The standard InChI is InChI=1S/C5H9N3O2S2/c1-7(2)12(9,10)8-5(11)3-4-6-8/h3-4,6H,1-2H3. The molecule has 1 aromatic rings. The predicted octanol–water partition coefficient (Wildman–Crippen LogP) is 0.200. The number of nitrogens with one attached hydrogen (secondary N) is 1. The highest BCUT2D eigenvalue weighted by atomic mass is 32.2. The quantitative estimate of drug-likeness (QED) is 0.705. The molecule has 12 heavy (non-hydrogen) atoms. The van der Waals surface area contributed by atoms with E-state index < -0.39 is 10.2 Å². The van der Waals surface area contributed by atoms with Crippen LogP contribution in [0.4, 0.5) is 0 Å². The molecule has 0 unspecified atom stereocenters. The van der Waals surface area contributed by atoms with Crippen LogP contribution >= 0.6 is 12.2 Å². The molecular weight excluding hydrogens is 198 g/mol. The van der Waals surface area contributed by atoms with Crippen molar-refractivity contribution >= 4 is 22.4 Å².